The number of hydrogen-bond donors (Lipinski definition) is 0. The zero-order valence-corrected chi connectivity index (χ0v) is 14.4. The molecule has 0 aliphatic carbocycles. The number of nitrogens with zero attached hydrogens (tertiary/aromatic N) is 4. The molecule has 1 heterocycles. The molecule has 0 unspecified atom stereocenters. The minimum Gasteiger partial charge on any atom is -0.348 e. The Morgan fingerprint density at radius 2 is 1.67 bits per heavy atom. The molecule has 0 spiro atoms. The molecule has 122 valence electrons. The molecular weight excluding hydrogens is 320 g/mol. The van der Waals surface area contributed by atoms with E-state index in [1.54, 1.807) is 25.3 Å². The lowest BCUT2D eigenvalue weighted by atomic mass is 10.1. The summed E-state index contributed by atoms with van der Waals surface area (Å²) in [7, 11) is 3.53. The third-order valence-corrected chi connectivity index (χ3v) is 4.74. The average molecular weight is 338 g/mol. The topological polar surface area (TPSA) is 51.0 Å². The molecule has 1 amide bonds. The lowest BCUT2D eigenvalue weighted by molar-refractivity contribution is -0.128. The van der Waals surface area contributed by atoms with Crippen LogP contribution < -0.4 is 0 Å². The van der Waals surface area contributed by atoms with Crippen molar-refractivity contribution in [3.63, 3.8) is 0 Å². The number of carbonyl (C=O) groups excluding carboxylic acids is 1. The van der Waals surface area contributed by atoms with E-state index in [4.69, 9.17) is 0 Å². The summed E-state index contributed by atoms with van der Waals surface area (Å²) in [4.78, 5) is 14.3. The molecule has 0 saturated heterocycles. The second-order valence-electron chi connectivity index (χ2n) is 5.46. The van der Waals surface area contributed by atoms with E-state index < -0.39 is 0 Å². The zero-order chi connectivity index (χ0) is 16.9. The van der Waals surface area contributed by atoms with Gasteiger partial charge in [0.25, 0.3) is 0 Å². The fraction of sp³-hybridized carbons (Fsp3) is 0.167. The van der Waals surface area contributed by atoms with Gasteiger partial charge in [0.2, 0.25) is 5.91 Å². The largest absolute Gasteiger partial charge is 0.348 e. The molecule has 5 nitrogen and oxygen atoms in total. The van der Waals surface area contributed by atoms with Gasteiger partial charge in [-0.2, -0.15) is 0 Å². The summed E-state index contributed by atoms with van der Waals surface area (Å²) >= 11 is 1.40. The first-order valence-electron chi connectivity index (χ1n) is 7.55. The van der Waals surface area contributed by atoms with Crippen LogP contribution in [0.25, 0.3) is 5.69 Å². The van der Waals surface area contributed by atoms with Crippen molar-refractivity contribution >= 4 is 17.7 Å². The Kier molecular flexibility index (Phi) is 4.96. The van der Waals surface area contributed by atoms with Crippen LogP contribution in [0.1, 0.15) is 10.8 Å². The fourth-order valence-electron chi connectivity index (χ4n) is 2.30. The Hall–Kier alpha value is -2.60. The maximum Gasteiger partial charge on any atom is 0.240 e. The van der Waals surface area contributed by atoms with Crippen LogP contribution in [0.15, 0.2) is 72.1 Å². The molecular formula is C18H18N4OS. The molecule has 2 aromatic carbocycles. The molecule has 3 aromatic rings. The maximum absolute atomic E-state index is 12.7. The first-order valence-corrected chi connectivity index (χ1v) is 8.43. The number of thioether (sulfide) groups is 1. The van der Waals surface area contributed by atoms with E-state index in [2.05, 4.69) is 10.2 Å². The minimum absolute atomic E-state index is 0.0220. The van der Waals surface area contributed by atoms with Crippen molar-refractivity contribution in [3.05, 3.63) is 72.6 Å². The van der Waals surface area contributed by atoms with Gasteiger partial charge in [-0.1, -0.05) is 60.3 Å². The van der Waals surface area contributed by atoms with Crippen molar-refractivity contribution < 1.29 is 4.79 Å². The van der Waals surface area contributed by atoms with Crippen molar-refractivity contribution in [2.75, 3.05) is 14.1 Å². The van der Waals surface area contributed by atoms with Crippen LogP contribution in [-0.2, 0) is 4.79 Å². The van der Waals surface area contributed by atoms with Gasteiger partial charge in [0.15, 0.2) is 5.16 Å². The van der Waals surface area contributed by atoms with Gasteiger partial charge >= 0.3 is 0 Å². The molecule has 1 aromatic heterocycles. The lowest BCUT2D eigenvalue weighted by Crippen LogP contribution is -2.26. The monoisotopic (exact) mass is 338 g/mol. The van der Waals surface area contributed by atoms with Gasteiger partial charge in [-0.05, 0) is 17.7 Å². The van der Waals surface area contributed by atoms with Gasteiger partial charge in [0, 0.05) is 19.8 Å². The molecule has 0 saturated carbocycles. The van der Waals surface area contributed by atoms with Gasteiger partial charge in [0.05, 0.1) is 0 Å². The summed E-state index contributed by atoms with van der Waals surface area (Å²) in [5.74, 6) is 0.0220. The van der Waals surface area contributed by atoms with Crippen LogP contribution in [0.3, 0.4) is 0 Å². The van der Waals surface area contributed by atoms with Crippen molar-refractivity contribution in [3.8, 4) is 5.69 Å². The Morgan fingerprint density at radius 1 is 1.04 bits per heavy atom. The average Bonchev–Trinajstić information content (AvgIpc) is 3.09. The molecule has 3 rings (SSSR count). The number of rotatable bonds is 5. The predicted molar refractivity (Wildman–Crippen MR) is 95.1 cm³/mol. The SMILES string of the molecule is CN(C)C(=O)[C@H](Sc1nncn1-c1ccccc1)c1ccccc1. The molecule has 6 heteroatoms. The first-order chi connectivity index (χ1) is 11.7. The zero-order valence-electron chi connectivity index (χ0n) is 13.5. The molecule has 0 fully saturated rings. The molecule has 0 radical (unpaired) electrons. The summed E-state index contributed by atoms with van der Waals surface area (Å²) in [5.41, 5.74) is 1.91. The van der Waals surface area contributed by atoms with Crippen molar-refractivity contribution in [2.24, 2.45) is 0 Å². The molecule has 0 N–H and O–H groups in total. The third-order valence-electron chi connectivity index (χ3n) is 3.54. The van der Waals surface area contributed by atoms with Crippen LogP contribution in [0.5, 0.6) is 0 Å². The van der Waals surface area contributed by atoms with Gasteiger partial charge < -0.3 is 4.90 Å². The molecule has 0 bridgehead atoms. The second kappa shape index (κ2) is 7.31. The van der Waals surface area contributed by atoms with Crippen molar-refractivity contribution in [1.82, 2.24) is 19.7 Å². The van der Waals surface area contributed by atoms with E-state index in [0.717, 1.165) is 11.3 Å². The highest BCUT2D eigenvalue weighted by molar-refractivity contribution is 8.00. The predicted octanol–water partition coefficient (Wildman–Crippen LogP) is 3.19. The fourth-order valence-corrected chi connectivity index (χ4v) is 3.48. The number of hydrogen-bond acceptors (Lipinski definition) is 4. The number of aromatic nitrogens is 3. The highest BCUT2D eigenvalue weighted by Gasteiger charge is 2.26. The van der Waals surface area contributed by atoms with Crippen LogP contribution in [0.2, 0.25) is 0 Å². The Balaban J connectivity index is 1.95. The van der Waals surface area contributed by atoms with Gasteiger partial charge in [-0.25, -0.2) is 0 Å². The third kappa shape index (κ3) is 3.49. The number of likely N-dealkylation sites (N-methyl/N-ethyl adjacent to an activating group) is 1. The van der Waals surface area contributed by atoms with E-state index in [-0.39, 0.29) is 11.2 Å². The van der Waals surface area contributed by atoms with Gasteiger partial charge in [-0.15, -0.1) is 10.2 Å². The van der Waals surface area contributed by atoms with E-state index in [1.807, 2.05) is 65.2 Å². The number of carbonyl (C=O) groups is 1. The standard InChI is InChI=1S/C18H18N4OS/c1-21(2)17(23)16(14-9-5-3-6-10-14)24-18-20-19-13-22(18)15-11-7-4-8-12-15/h3-13,16H,1-2H3/t16-/m1/s1. The molecule has 0 aliphatic rings. The highest BCUT2D eigenvalue weighted by atomic mass is 32.2. The Labute approximate surface area is 145 Å². The number of para-hydroxylation sites is 1. The summed E-state index contributed by atoms with van der Waals surface area (Å²) in [5, 5.41) is 8.54. The molecule has 1 atom stereocenters. The number of amides is 1. The van der Waals surface area contributed by atoms with Crippen molar-refractivity contribution in [2.45, 2.75) is 10.4 Å². The Bertz CT molecular complexity index is 802. The summed E-state index contributed by atoms with van der Waals surface area (Å²) in [6, 6.07) is 19.6. The first kappa shape index (κ1) is 16.3. The van der Waals surface area contributed by atoms with Crippen LogP contribution in [0, 0.1) is 0 Å². The smallest absolute Gasteiger partial charge is 0.240 e. The van der Waals surface area contributed by atoms with Gasteiger partial charge in [-0.3, -0.25) is 9.36 Å². The highest BCUT2D eigenvalue weighted by Crippen LogP contribution is 2.36. The maximum atomic E-state index is 12.7. The lowest BCUT2D eigenvalue weighted by Gasteiger charge is -2.20. The van der Waals surface area contributed by atoms with E-state index in [0.29, 0.717) is 5.16 Å². The van der Waals surface area contributed by atoms with Crippen molar-refractivity contribution in [1.29, 1.82) is 0 Å². The van der Waals surface area contributed by atoms with E-state index in [1.165, 1.54) is 11.8 Å². The second-order valence-corrected chi connectivity index (χ2v) is 6.53. The molecule has 24 heavy (non-hydrogen) atoms. The summed E-state index contributed by atoms with van der Waals surface area (Å²) in [6.07, 6.45) is 1.67. The van der Waals surface area contributed by atoms with Crippen LogP contribution >= 0.6 is 11.8 Å². The van der Waals surface area contributed by atoms with Crippen LogP contribution in [0.4, 0.5) is 0 Å². The van der Waals surface area contributed by atoms with Crippen LogP contribution in [-0.4, -0.2) is 39.7 Å². The summed E-state index contributed by atoms with van der Waals surface area (Å²) in [6.45, 7) is 0. The quantitative estimate of drug-likeness (QED) is 0.671. The van der Waals surface area contributed by atoms with E-state index in [9.17, 15) is 4.79 Å². The summed E-state index contributed by atoms with van der Waals surface area (Å²) < 4.78 is 1.89. The minimum atomic E-state index is -0.368. The normalized spacial score (nSPS) is 11.9. The van der Waals surface area contributed by atoms with E-state index >= 15 is 0 Å². The molecule has 0 aliphatic heterocycles. The number of benzene rings is 2. The van der Waals surface area contributed by atoms with Gasteiger partial charge in [0.1, 0.15) is 11.6 Å². The Morgan fingerprint density at radius 3 is 2.29 bits per heavy atom.